The van der Waals surface area contributed by atoms with Gasteiger partial charge in [-0.05, 0) is 65.9 Å². The van der Waals surface area contributed by atoms with E-state index in [1.54, 1.807) is 30.7 Å². The van der Waals surface area contributed by atoms with Crippen LogP contribution in [0.25, 0.3) is 11.1 Å². The zero-order chi connectivity index (χ0) is 22.5. The number of carbonyl (C=O) groups is 1. The Morgan fingerprint density at radius 1 is 1.19 bits per heavy atom. The topological polar surface area (TPSA) is 94.0 Å². The lowest BCUT2D eigenvalue weighted by Gasteiger charge is -2.27. The Morgan fingerprint density at radius 2 is 2.00 bits per heavy atom. The predicted molar refractivity (Wildman–Crippen MR) is 112 cm³/mol. The minimum atomic E-state index is -2.80. The van der Waals surface area contributed by atoms with Crippen LogP contribution in [0, 0.1) is 0 Å². The van der Waals surface area contributed by atoms with Crippen molar-refractivity contribution in [1.82, 2.24) is 9.88 Å². The zero-order valence-electron chi connectivity index (χ0n) is 17.2. The number of nitrogens with two attached hydrogens (primary N) is 1. The molecule has 0 saturated heterocycles. The first-order valence-electron chi connectivity index (χ1n) is 10.1. The number of hydrogen-bond donors (Lipinski definition) is 1. The minimum Gasteiger partial charge on any atom is -0.490 e. The molecule has 0 bridgehead atoms. The lowest BCUT2D eigenvalue weighted by atomic mass is 9.81. The van der Waals surface area contributed by atoms with Crippen LogP contribution in [-0.4, -0.2) is 34.9 Å². The molecule has 1 aromatic carbocycles. The van der Waals surface area contributed by atoms with E-state index in [0.29, 0.717) is 11.3 Å². The van der Waals surface area contributed by atoms with Gasteiger partial charge in [0.25, 0.3) is 12.3 Å². The number of pyridine rings is 1. The third kappa shape index (κ3) is 3.30. The van der Waals surface area contributed by atoms with Crippen LogP contribution in [0.3, 0.4) is 0 Å². The monoisotopic (exact) mass is 438 g/mol. The van der Waals surface area contributed by atoms with Crippen molar-refractivity contribution in [3.63, 3.8) is 0 Å². The number of likely N-dealkylation sites (N-methyl/N-ethyl adjacent to an activating group) is 1. The highest BCUT2D eigenvalue weighted by molar-refractivity contribution is 6.09. The van der Waals surface area contributed by atoms with E-state index in [1.165, 1.54) is 30.3 Å². The van der Waals surface area contributed by atoms with Gasteiger partial charge in [0.1, 0.15) is 11.4 Å². The van der Waals surface area contributed by atoms with E-state index in [4.69, 9.17) is 14.9 Å². The molecule has 9 heteroatoms. The largest absolute Gasteiger partial charge is 0.490 e. The van der Waals surface area contributed by atoms with Gasteiger partial charge in [-0.15, -0.1) is 0 Å². The van der Waals surface area contributed by atoms with Crippen LogP contribution in [0.4, 0.5) is 8.78 Å². The van der Waals surface area contributed by atoms with Crippen molar-refractivity contribution in [2.75, 3.05) is 7.05 Å². The number of halogens is 2. The van der Waals surface area contributed by atoms with Gasteiger partial charge in [-0.3, -0.25) is 14.7 Å². The smallest absolute Gasteiger partial charge is 0.280 e. The molecule has 1 unspecified atom stereocenters. The van der Waals surface area contributed by atoms with Gasteiger partial charge in [-0.1, -0.05) is 0 Å². The number of amides is 1. The number of alkyl halides is 2. The second-order valence-corrected chi connectivity index (χ2v) is 7.89. The Bertz CT molecular complexity index is 1210. The molecule has 1 amide bonds. The van der Waals surface area contributed by atoms with Crippen molar-refractivity contribution in [1.29, 1.82) is 0 Å². The summed E-state index contributed by atoms with van der Waals surface area (Å²) in [5.41, 5.74) is 6.16. The molecule has 1 fully saturated rings. The molecule has 1 aliphatic heterocycles. The quantitative estimate of drug-likeness (QED) is 0.631. The first-order chi connectivity index (χ1) is 15.4. The maximum Gasteiger partial charge on any atom is 0.280 e. The summed E-state index contributed by atoms with van der Waals surface area (Å²) in [6, 6.07) is 9.84. The number of nitrogens with zero attached hydrogens (tertiary/aromatic N) is 3. The fraction of sp³-hybridized carbons (Fsp3) is 0.261. The molecule has 0 radical (unpaired) electrons. The summed E-state index contributed by atoms with van der Waals surface area (Å²) >= 11 is 0. The first-order valence-corrected chi connectivity index (χ1v) is 10.1. The number of aliphatic imine (C=N–C) groups is 1. The summed E-state index contributed by atoms with van der Waals surface area (Å²) in [6.07, 6.45) is 3.58. The first kappa shape index (κ1) is 20.2. The lowest BCUT2D eigenvalue weighted by Crippen LogP contribution is -2.41. The standard InChI is InChI=1S/C23H20F2N4O3/c1-29-21(30)23(28-22(29)26,15-4-6-27-19(11-15)20(24)25)16-8-14(13-5-7-31-12-13)9-18(10-16)32-17-2-3-17/h4-12,17,20H,2-3H2,1H3,(H2,26,28). The van der Waals surface area contributed by atoms with Crippen LogP contribution in [-0.2, 0) is 10.3 Å². The average molecular weight is 438 g/mol. The van der Waals surface area contributed by atoms with Crippen LogP contribution in [0.2, 0.25) is 0 Å². The SMILES string of the molecule is CN1C(=O)C(c2cc(OC3CC3)cc(-c3ccoc3)c2)(c2ccnc(C(F)F)c2)N=C1N. The molecule has 1 atom stereocenters. The normalized spacial score (nSPS) is 20.7. The van der Waals surface area contributed by atoms with Gasteiger partial charge < -0.3 is 14.9 Å². The Hall–Kier alpha value is -3.75. The van der Waals surface area contributed by atoms with Gasteiger partial charge in [0.2, 0.25) is 0 Å². The van der Waals surface area contributed by atoms with E-state index in [9.17, 15) is 13.6 Å². The Morgan fingerprint density at radius 3 is 2.62 bits per heavy atom. The van der Waals surface area contributed by atoms with Crippen molar-refractivity contribution < 1.29 is 22.7 Å². The number of ether oxygens (including phenoxy) is 1. The summed E-state index contributed by atoms with van der Waals surface area (Å²) in [7, 11) is 1.50. The number of rotatable bonds is 6. The number of furan rings is 1. The van der Waals surface area contributed by atoms with Gasteiger partial charge in [0.15, 0.2) is 11.5 Å². The average Bonchev–Trinajstić information content (AvgIpc) is 3.36. The number of aromatic nitrogens is 1. The summed E-state index contributed by atoms with van der Waals surface area (Å²) in [4.78, 5) is 23.0. The van der Waals surface area contributed by atoms with E-state index in [0.717, 1.165) is 24.0 Å². The van der Waals surface area contributed by atoms with Crippen LogP contribution < -0.4 is 10.5 Å². The molecule has 3 heterocycles. The van der Waals surface area contributed by atoms with Gasteiger partial charge in [-0.25, -0.2) is 13.8 Å². The summed E-state index contributed by atoms with van der Waals surface area (Å²) < 4.78 is 38.1. The number of benzene rings is 1. The zero-order valence-corrected chi connectivity index (χ0v) is 17.2. The van der Waals surface area contributed by atoms with Crippen molar-refractivity contribution in [3.8, 4) is 16.9 Å². The van der Waals surface area contributed by atoms with Crippen molar-refractivity contribution in [3.05, 3.63) is 71.9 Å². The molecule has 2 aliphatic rings. The molecule has 1 aliphatic carbocycles. The molecule has 5 rings (SSSR count). The van der Waals surface area contributed by atoms with E-state index in [-0.39, 0.29) is 17.6 Å². The third-order valence-corrected chi connectivity index (χ3v) is 5.67. The molecule has 164 valence electrons. The fourth-order valence-corrected chi connectivity index (χ4v) is 3.83. The molecule has 3 aromatic rings. The second kappa shape index (κ2) is 7.44. The third-order valence-electron chi connectivity index (χ3n) is 5.67. The van der Waals surface area contributed by atoms with Gasteiger partial charge in [-0.2, -0.15) is 0 Å². The summed E-state index contributed by atoms with van der Waals surface area (Å²) in [6.45, 7) is 0. The number of hydrogen-bond acceptors (Lipinski definition) is 6. The maximum absolute atomic E-state index is 13.5. The lowest BCUT2D eigenvalue weighted by molar-refractivity contribution is -0.129. The summed E-state index contributed by atoms with van der Waals surface area (Å²) in [5, 5.41) is 0. The van der Waals surface area contributed by atoms with Crippen LogP contribution >= 0.6 is 0 Å². The Kier molecular flexibility index (Phi) is 4.69. The van der Waals surface area contributed by atoms with Crippen molar-refractivity contribution in [2.45, 2.75) is 30.9 Å². The van der Waals surface area contributed by atoms with Gasteiger partial charge in [0, 0.05) is 18.8 Å². The van der Waals surface area contributed by atoms with Crippen LogP contribution in [0.1, 0.15) is 36.1 Å². The molecule has 32 heavy (non-hydrogen) atoms. The molecule has 2 aromatic heterocycles. The van der Waals surface area contributed by atoms with Crippen LogP contribution in [0.15, 0.2) is 64.5 Å². The van der Waals surface area contributed by atoms with Gasteiger partial charge in [0.05, 0.1) is 18.6 Å². The molecule has 0 spiro atoms. The van der Waals surface area contributed by atoms with Crippen molar-refractivity contribution >= 4 is 11.9 Å². The van der Waals surface area contributed by atoms with E-state index < -0.39 is 23.6 Å². The number of guanidine groups is 1. The Balaban J connectivity index is 1.75. The maximum atomic E-state index is 13.5. The van der Waals surface area contributed by atoms with E-state index >= 15 is 0 Å². The van der Waals surface area contributed by atoms with Crippen LogP contribution in [0.5, 0.6) is 5.75 Å². The van der Waals surface area contributed by atoms with Crippen molar-refractivity contribution in [2.24, 2.45) is 10.7 Å². The van der Waals surface area contributed by atoms with E-state index in [1.807, 2.05) is 6.07 Å². The molecule has 1 saturated carbocycles. The number of carbonyl (C=O) groups excluding carboxylic acids is 1. The highest BCUT2D eigenvalue weighted by atomic mass is 19.3. The molecule has 7 nitrogen and oxygen atoms in total. The van der Waals surface area contributed by atoms with Gasteiger partial charge >= 0.3 is 0 Å². The van der Waals surface area contributed by atoms with E-state index in [2.05, 4.69) is 9.98 Å². The predicted octanol–water partition coefficient (Wildman–Crippen LogP) is 3.85. The fourth-order valence-electron chi connectivity index (χ4n) is 3.83. The molecule has 2 N–H and O–H groups in total. The molecular weight excluding hydrogens is 418 g/mol. The minimum absolute atomic E-state index is 0.0104. The highest BCUT2D eigenvalue weighted by Crippen LogP contribution is 2.43. The summed E-state index contributed by atoms with van der Waals surface area (Å²) in [5.74, 6) is 0.0896. The Labute approximate surface area is 182 Å². The molecular formula is C23H20F2N4O3. The highest BCUT2D eigenvalue weighted by Gasteiger charge is 2.50. The second-order valence-electron chi connectivity index (χ2n) is 7.89.